The molecule has 0 bridgehead atoms. The molecule has 290 valence electrons. The number of benzene rings is 2. The van der Waals surface area contributed by atoms with Gasteiger partial charge < -0.3 is 23.7 Å². The second-order valence-electron chi connectivity index (χ2n) is 16.0. The molecular weight excluding hydrogens is 731 g/mol. The highest BCUT2D eigenvalue weighted by atomic mass is 32.2. The van der Waals surface area contributed by atoms with Gasteiger partial charge in [-0.1, -0.05) is 23.8 Å². The molecule has 3 fully saturated rings. The molecule has 2 aromatic carbocycles. The quantitative estimate of drug-likeness (QED) is 0.189. The Labute approximate surface area is 317 Å². The maximum Gasteiger partial charge on any atom is 0.410 e. The number of hydrogen-bond acceptors (Lipinski definition) is 9. The maximum absolute atomic E-state index is 13.9. The van der Waals surface area contributed by atoms with Crippen molar-refractivity contribution in [2.45, 2.75) is 94.2 Å². The summed E-state index contributed by atoms with van der Waals surface area (Å²) < 4.78 is 74.5. The minimum Gasteiger partial charge on any atom is -0.490 e. The van der Waals surface area contributed by atoms with Crippen LogP contribution in [0.25, 0.3) is 22.0 Å². The minimum absolute atomic E-state index is 0.00514. The minimum atomic E-state index is -4.12. The van der Waals surface area contributed by atoms with E-state index in [2.05, 4.69) is 0 Å². The van der Waals surface area contributed by atoms with E-state index in [0.717, 1.165) is 22.4 Å². The Morgan fingerprint density at radius 2 is 1.65 bits per heavy atom. The van der Waals surface area contributed by atoms with Crippen LogP contribution in [0.3, 0.4) is 0 Å². The molecule has 2 saturated heterocycles. The van der Waals surface area contributed by atoms with E-state index in [4.69, 9.17) is 14.2 Å². The van der Waals surface area contributed by atoms with Crippen molar-refractivity contribution in [1.29, 1.82) is 0 Å². The number of likely N-dealkylation sites (tertiary alicyclic amines) is 1. The topological polar surface area (TPSA) is 143 Å². The summed E-state index contributed by atoms with van der Waals surface area (Å²) in [5.41, 5.74) is 1.67. The molecule has 1 atom stereocenters. The second kappa shape index (κ2) is 14.5. The summed E-state index contributed by atoms with van der Waals surface area (Å²) in [7, 11) is -5.88. The monoisotopic (exact) mass is 779 g/mol. The molecule has 14 heteroatoms. The van der Waals surface area contributed by atoms with Gasteiger partial charge in [0.2, 0.25) is 0 Å². The van der Waals surface area contributed by atoms with Gasteiger partial charge in [0, 0.05) is 68.5 Å². The average Bonchev–Trinajstić information content (AvgIpc) is 3.71. The molecular formula is C40H49N3O9S2. The predicted octanol–water partition coefficient (Wildman–Crippen LogP) is 6.38. The van der Waals surface area contributed by atoms with Crippen LogP contribution >= 0.6 is 0 Å². The van der Waals surface area contributed by atoms with E-state index in [9.17, 15) is 26.4 Å². The van der Waals surface area contributed by atoms with Gasteiger partial charge in [-0.15, -0.1) is 0 Å². The lowest BCUT2D eigenvalue weighted by Gasteiger charge is -2.38. The summed E-state index contributed by atoms with van der Waals surface area (Å²) in [5, 5.41) is -0.241. The van der Waals surface area contributed by atoms with E-state index in [1.54, 1.807) is 48.5 Å². The number of rotatable bonds is 9. The highest BCUT2D eigenvalue weighted by Crippen LogP contribution is 2.43. The molecule has 12 nitrogen and oxygen atoms in total. The number of hydrogen-bond donors (Lipinski definition) is 0. The maximum atomic E-state index is 13.9. The third kappa shape index (κ3) is 7.70. The normalized spacial score (nSPS) is 21.9. The van der Waals surface area contributed by atoms with E-state index in [1.165, 1.54) is 22.9 Å². The largest absolute Gasteiger partial charge is 0.490 e. The molecule has 0 radical (unpaired) electrons. The zero-order chi connectivity index (χ0) is 38.6. The molecule has 7 rings (SSSR count). The smallest absolute Gasteiger partial charge is 0.410 e. The van der Waals surface area contributed by atoms with Crippen molar-refractivity contribution < 1.29 is 35.8 Å². The van der Waals surface area contributed by atoms with Crippen molar-refractivity contribution in [3.8, 4) is 16.9 Å². The van der Waals surface area contributed by atoms with E-state index < -0.39 is 36.3 Å². The van der Waals surface area contributed by atoms with Crippen LogP contribution in [0.15, 0.2) is 70.6 Å². The van der Waals surface area contributed by atoms with Gasteiger partial charge in [0.1, 0.15) is 23.0 Å². The first kappa shape index (κ1) is 38.1. The Kier molecular flexibility index (Phi) is 10.2. The summed E-state index contributed by atoms with van der Waals surface area (Å²) in [6, 6.07) is 13.5. The van der Waals surface area contributed by atoms with Gasteiger partial charge in [-0.25, -0.2) is 25.6 Å². The first-order valence-electron chi connectivity index (χ1n) is 18.7. The number of fused-ring (bicyclic) bond motifs is 1. The number of amides is 1. The van der Waals surface area contributed by atoms with Crippen molar-refractivity contribution in [2.75, 3.05) is 25.4 Å². The highest BCUT2D eigenvalue weighted by Gasteiger charge is 2.36. The van der Waals surface area contributed by atoms with Gasteiger partial charge in [0.25, 0.3) is 15.6 Å². The van der Waals surface area contributed by atoms with Gasteiger partial charge in [-0.2, -0.15) is 0 Å². The Balaban J connectivity index is 1.12. The van der Waals surface area contributed by atoms with Crippen molar-refractivity contribution in [1.82, 2.24) is 13.4 Å². The zero-order valence-corrected chi connectivity index (χ0v) is 33.1. The van der Waals surface area contributed by atoms with Crippen LogP contribution in [-0.4, -0.2) is 79.6 Å². The summed E-state index contributed by atoms with van der Waals surface area (Å²) in [5.74, 6) is 0.992. The molecule has 2 aromatic heterocycles. The van der Waals surface area contributed by atoms with Crippen LogP contribution in [0.1, 0.15) is 75.7 Å². The number of ether oxygens (including phenoxy) is 3. The lowest BCUT2D eigenvalue weighted by atomic mass is 9.91. The number of nitrogens with zero attached hydrogens (tertiary/aromatic N) is 3. The van der Waals surface area contributed by atoms with Crippen LogP contribution in [0, 0.1) is 12.8 Å². The SMILES string of the molecule is Cc1ccc(S(=O)(=O)n2ccc3c(-c4cc(C5CCCS5(=O)=O)ccc4OC4CC(OCC5CCN(C(=O)OC(C)(C)C)CC5)C4)cn(C)c(=O)c32)cc1. The molecule has 0 N–H and O–H groups in total. The van der Waals surface area contributed by atoms with Crippen molar-refractivity contribution >= 4 is 36.9 Å². The first-order valence-corrected chi connectivity index (χ1v) is 21.8. The van der Waals surface area contributed by atoms with E-state index in [1.807, 2.05) is 33.8 Å². The molecule has 1 amide bonds. The molecule has 3 aliphatic rings. The van der Waals surface area contributed by atoms with Crippen LogP contribution in [0.4, 0.5) is 4.79 Å². The van der Waals surface area contributed by atoms with Crippen molar-refractivity contribution in [3.63, 3.8) is 0 Å². The zero-order valence-electron chi connectivity index (χ0n) is 31.5. The number of aromatic nitrogens is 2. The Hall–Kier alpha value is -4.14. The van der Waals surface area contributed by atoms with Gasteiger partial charge >= 0.3 is 6.09 Å². The molecule has 4 aromatic rings. The summed E-state index contributed by atoms with van der Waals surface area (Å²) in [6.07, 6.45) is 6.77. The number of carbonyl (C=O) groups excluding carboxylic acids is 1. The lowest BCUT2D eigenvalue weighted by molar-refractivity contribution is -0.0761. The molecule has 2 aliphatic heterocycles. The molecule has 4 heterocycles. The van der Waals surface area contributed by atoms with Crippen LogP contribution in [0.2, 0.25) is 0 Å². The van der Waals surface area contributed by atoms with Crippen LogP contribution < -0.4 is 10.3 Å². The third-order valence-electron chi connectivity index (χ3n) is 10.7. The highest BCUT2D eigenvalue weighted by molar-refractivity contribution is 7.91. The number of carbonyl (C=O) groups is 1. The standard InChI is InChI=1S/C40H49N3O9S2/c1-26-8-11-31(12-9-26)54(48,49)43-19-16-32-34(24-41(5)38(44)37(32)43)33-21-28(36-7-6-20-53(36,46)47)10-13-35(33)51-30-22-29(23-30)50-25-27-14-17-42(18-15-27)39(45)52-40(2,3)4/h8-13,16,19,21,24,27,29-30,36H,6-7,14-15,17-18,20,22-23,25H2,1-5H3. The summed E-state index contributed by atoms with van der Waals surface area (Å²) >= 11 is 0. The fourth-order valence-electron chi connectivity index (χ4n) is 7.61. The van der Waals surface area contributed by atoms with E-state index in [-0.39, 0.29) is 34.5 Å². The van der Waals surface area contributed by atoms with Crippen LogP contribution in [0.5, 0.6) is 5.75 Å². The lowest BCUT2D eigenvalue weighted by Crippen LogP contribution is -2.44. The average molecular weight is 780 g/mol. The van der Waals surface area contributed by atoms with Gasteiger partial charge in [0.15, 0.2) is 9.84 Å². The third-order valence-corrected chi connectivity index (χ3v) is 14.7. The Morgan fingerprint density at radius 1 is 0.944 bits per heavy atom. The predicted molar refractivity (Wildman–Crippen MR) is 206 cm³/mol. The summed E-state index contributed by atoms with van der Waals surface area (Å²) in [4.78, 5) is 27.9. The summed E-state index contributed by atoms with van der Waals surface area (Å²) in [6.45, 7) is 9.34. The molecule has 1 unspecified atom stereocenters. The van der Waals surface area contributed by atoms with Crippen LogP contribution in [-0.2, 0) is 36.4 Å². The first-order chi connectivity index (χ1) is 25.5. The molecule has 1 saturated carbocycles. The number of sulfone groups is 1. The van der Waals surface area contributed by atoms with Gasteiger partial charge in [-0.3, -0.25) is 4.79 Å². The fraction of sp³-hybridized carbons (Fsp3) is 0.500. The van der Waals surface area contributed by atoms with Crippen molar-refractivity contribution in [2.24, 2.45) is 13.0 Å². The Bertz CT molecular complexity index is 2330. The molecule has 1 aliphatic carbocycles. The van der Waals surface area contributed by atoms with E-state index in [0.29, 0.717) is 79.1 Å². The fourth-order valence-corrected chi connectivity index (χ4v) is 10.9. The van der Waals surface area contributed by atoms with E-state index >= 15 is 0 Å². The molecule has 54 heavy (non-hydrogen) atoms. The van der Waals surface area contributed by atoms with Crippen molar-refractivity contribution in [3.05, 3.63) is 82.4 Å². The number of piperidine rings is 1. The van der Waals surface area contributed by atoms with Gasteiger partial charge in [0.05, 0.1) is 22.0 Å². The Morgan fingerprint density at radius 3 is 2.30 bits per heavy atom. The molecule has 0 spiro atoms. The van der Waals surface area contributed by atoms with Gasteiger partial charge in [-0.05, 0) is 95.2 Å². The second-order valence-corrected chi connectivity index (χ2v) is 20.1. The number of aryl methyl sites for hydroxylation is 2. The number of pyridine rings is 1.